The van der Waals surface area contributed by atoms with Gasteiger partial charge in [-0.1, -0.05) is 0 Å². The van der Waals surface area contributed by atoms with Gasteiger partial charge in [0, 0.05) is 0 Å². The lowest BCUT2D eigenvalue weighted by molar-refractivity contribution is 0.218. The Kier molecular flexibility index (Phi) is 5.78. The molecule has 1 fully saturated rings. The van der Waals surface area contributed by atoms with Crippen LogP contribution in [0, 0.1) is 17.8 Å². The second-order valence-electron chi connectivity index (χ2n) is 5.44. The molecule has 0 amide bonds. The van der Waals surface area contributed by atoms with Gasteiger partial charge < -0.3 is 0 Å². The topological polar surface area (TPSA) is 163 Å². The van der Waals surface area contributed by atoms with Crippen LogP contribution in [0.25, 0.3) is 0 Å². The summed E-state index contributed by atoms with van der Waals surface area (Å²) in [6.45, 7) is 0. The van der Waals surface area contributed by atoms with Crippen LogP contribution in [-0.2, 0) is 30.4 Å². The molecule has 1 rings (SSSR count). The zero-order valence-corrected chi connectivity index (χ0v) is 13.4. The third kappa shape index (κ3) is 8.07. The van der Waals surface area contributed by atoms with Gasteiger partial charge in [0.15, 0.2) is 0 Å². The van der Waals surface area contributed by atoms with Crippen molar-refractivity contribution >= 4 is 30.4 Å². The molecule has 12 heteroatoms. The number of hydrogen-bond donors (Lipinski definition) is 3. The molecular weight excluding hydrogens is 348 g/mol. The first-order valence-electron chi connectivity index (χ1n) is 6.10. The molecule has 126 valence electrons. The van der Waals surface area contributed by atoms with Crippen LogP contribution in [0.2, 0.25) is 0 Å². The van der Waals surface area contributed by atoms with Crippen molar-refractivity contribution in [3.63, 3.8) is 0 Å². The molecule has 0 bridgehead atoms. The Balaban J connectivity index is 2.88. The van der Waals surface area contributed by atoms with Crippen LogP contribution in [0.4, 0.5) is 0 Å². The molecule has 9 nitrogen and oxygen atoms in total. The fraction of sp³-hybridized carbons (Fsp3) is 1.00. The molecule has 0 saturated heterocycles. The van der Waals surface area contributed by atoms with E-state index in [2.05, 4.69) is 0 Å². The van der Waals surface area contributed by atoms with Crippen LogP contribution in [0.3, 0.4) is 0 Å². The summed E-state index contributed by atoms with van der Waals surface area (Å²) in [5.74, 6) is -3.93. The Morgan fingerprint density at radius 2 is 1.10 bits per heavy atom. The summed E-state index contributed by atoms with van der Waals surface area (Å²) < 4.78 is 92.1. The third-order valence-corrected chi connectivity index (χ3v) is 6.14. The van der Waals surface area contributed by atoms with E-state index in [9.17, 15) is 25.3 Å². The molecule has 1 saturated carbocycles. The zero-order chi connectivity index (χ0) is 16.5. The van der Waals surface area contributed by atoms with Gasteiger partial charge in [-0.25, -0.2) is 0 Å². The van der Waals surface area contributed by atoms with E-state index in [0.29, 0.717) is 0 Å². The summed E-state index contributed by atoms with van der Waals surface area (Å²) in [4.78, 5) is 0. The summed E-state index contributed by atoms with van der Waals surface area (Å²) in [6.07, 6.45) is 0.488. The van der Waals surface area contributed by atoms with E-state index >= 15 is 0 Å². The van der Waals surface area contributed by atoms with Crippen LogP contribution in [-0.4, -0.2) is 56.2 Å². The highest BCUT2D eigenvalue weighted by atomic mass is 32.2. The van der Waals surface area contributed by atoms with Gasteiger partial charge in [0.25, 0.3) is 30.4 Å². The molecule has 0 aromatic rings. The Morgan fingerprint density at radius 3 is 1.52 bits per heavy atom. The summed E-state index contributed by atoms with van der Waals surface area (Å²) in [5.41, 5.74) is 0. The highest BCUT2D eigenvalue weighted by Gasteiger charge is 2.36. The van der Waals surface area contributed by atoms with Gasteiger partial charge >= 0.3 is 0 Å². The van der Waals surface area contributed by atoms with E-state index in [4.69, 9.17) is 13.7 Å². The molecule has 0 aromatic carbocycles. The molecule has 1 aliphatic rings. The monoisotopic (exact) mass is 366 g/mol. The van der Waals surface area contributed by atoms with Gasteiger partial charge in [0.05, 0.1) is 17.3 Å². The largest absolute Gasteiger partial charge is 0.286 e. The number of rotatable bonds is 6. The van der Waals surface area contributed by atoms with E-state index in [1.165, 1.54) is 0 Å². The highest BCUT2D eigenvalue weighted by molar-refractivity contribution is 7.86. The summed E-state index contributed by atoms with van der Waals surface area (Å²) in [6, 6.07) is 0. The van der Waals surface area contributed by atoms with Crippen LogP contribution in [0.5, 0.6) is 0 Å². The molecule has 1 aliphatic carbocycles. The molecule has 0 spiro atoms. The van der Waals surface area contributed by atoms with Crippen molar-refractivity contribution in [2.75, 3.05) is 17.3 Å². The summed E-state index contributed by atoms with van der Waals surface area (Å²) in [5, 5.41) is 0. The van der Waals surface area contributed by atoms with Crippen molar-refractivity contribution < 1.29 is 38.9 Å². The van der Waals surface area contributed by atoms with Gasteiger partial charge in [-0.15, -0.1) is 0 Å². The van der Waals surface area contributed by atoms with Crippen LogP contribution < -0.4 is 0 Å². The standard InChI is InChI=1S/C9H18O9S3/c10-19(11,12)4-7-1-2-8(5-20(13,14)15)9(3-7)6-21(16,17)18/h7-9H,1-6H2,(H,10,11,12)(H,13,14,15)(H,16,17,18). The minimum Gasteiger partial charge on any atom is -0.286 e. The molecule has 0 radical (unpaired) electrons. The summed E-state index contributed by atoms with van der Waals surface area (Å²) >= 11 is 0. The lowest BCUT2D eigenvalue weighted by Crippen LogP contribution is -2.36. The second kappa shape index (κ2) is 6.46. The molecule has 3 unspecified atom stereocenters. The molecule has 3 atom stereocenters. The maximum Gasteiger partial charge on any atom is 0.265 e. The van der Waals surface area contributed by atoms with Gasteiger partial charge in [-0.3, -0.25) is 13.7 Å². The normalized spacial score (nSPS) is 28.4. The van der Waals surface area contributed by atoms with E-state index in [0.717, 1.165) is 0 Å². The van der Waals surface area contributed by atoms with Gasteiger partial charge in [0.1, 0.15) is 0 Å². The van der Waals surface area contributed by atoms with Gasteiger partial charge in [-0.05, 0) is 37.0 Å². The Hall–Kier alpha value is -0.270. The Morgan fingerprint density at radius 1 is 0.667 bits per heavy atom. The predicted molar refractivity (Wildman–Crippen MR) is 73.6 cm³/mol. The zero-order valence-electron chi connectivity index (χ0n) is 11.0. The molecule has 0 aromatic heterocycles. The maximum absolute atomic E-state index is 11.0. The predicted octanol–water partition coefficient (Wildman–Crippen LogP) is -0.318. The van der Waals surface area contributed by atoms with Crippen molar-refractivity contribution in [3.8, 4) is 0 Å². The number of hydrogen-bond acceptors (Lipinski definition) is 6. The van der Waals surface area contributed by atoms with Crippen molar-refractivity contribution in [1.29, 1.82) is 0 Å². The fourth-order valence-electron chi connectivity index (χ4n) is 2.84. The first-order valence-corrected chi connectivity index (χ1v) is 10.9. The van der Waals surface area contributed by atoms with Gasteiger partial charge in [0.2, 0.25) is 0 Å². The summed E-state index contributed by atoms with van der Waals surface area (Å²) in [7, 11) is -12.9. The highest BCUT2D eigenvalue weighted by Crippen LogP contribution is 2.36. The molecular formula is C9H18O9S3. The average Bonchev–Trinajstić information content (AvgIpc) is 2.15. The fourth-order valence-corrected chi connectivity index (χ4v) is 5.67. The minimum atomic E-state index is -4.37. The van der Waals surface area contributed by atoms with Crippen molar-refractivity contribution in [2.24, 2.45) is 17.8 Å². The molecule has 0 heterocycles. The van der Waals surface area contributed by atoms with Gasteiger partial charge in [-0.2, -0.15) is 25.3 Å². The maximum atomic E-state index is 11.0. The molecule has 0 aliphatic heterocycles. The Labute approximate surface area is 124 Å². The van der Waals surface area contributed by atoms with E-state index < -0.39 is 65.4 Å². The first-order chi connectivity index (χ1) is 9.25. The van der Waals surface area contributed by atoms with Crippen molar-refractivity contribution in [1.82, 2.24) is 0 Å². The molecule has 3 N–H and O–H groups in total. The van der Waals surface area contributed by atoms with Crippen LogP contribution >= 0.6 is 0 Å². The first kappa shape index (κ1) is 18.8. The smallest absolute Gasteiger partial charge is 0.265 e. The average molecular weight is 366 g/mol. The minimum absolute atomic E-state index is 0.0275. The van der Waals surface area contributed by atoms with Crippen LogP contribution in [0.1, 0.15) is 19.3 Å². The van der Waals surface area contributed by atoms with E-state index in [1.54, 1.807) is 0 Å². The Bertz CT molecular complexity index is 661. The third-order valence-electron chi connectivity index (χ3n) is 3.54. The lowest BCUT2D eigenvalue weighted by atomic mass is 9.76. The van der Waals surface area contributed by atoms with Crippen molar-refractivity contribution in [2.45, 2.75) is 19.3 Å². The van der Waals surface area contributed by atoms with Crippen molar-refractivity contribution in [3.05, 3.63) is 0 Å². The second-order valence-corrected chi connectivity index (χ2v) is 9.94. The lowest BCUT2D eigenvalue weighted by Gasteiger charge is -2.34. The molecule has 21 heavy (non-hydrogen) atoms. The van der Waals surface area contributed by atoms with E-state index in [1.807, 2.05) is 0 Å². The van der Waals surface area contributed by atoms with E-state index in [-0.39, 0.29) is 19.3 Å². The SMILES string of the molecule is O=S(=O)(O)CC1CCC(CS(=O)(=O)O)C(CS(=O)(=O)O)C1. The van der Waals surface area contributed by atoms with Crippen LogP contribution in [0.15, 0.2) is 0 Å². The quantitative estimate of drug-likeness (QED) is 0.534.